The first-order valence-corrected chi connectivity index (χ1v) is 7.41. The molecule has 1 rings (SSSR count). The lowest BCUT2D eigenvalue weighted by atomic mass is 9.97. The highest BCUT2D eigenvalue weighted by Gasteiger charge is 2.14. The van der Waals surface area contributed by atoms with Crippen molar-refractivity contribution in [3.05, 3.63) is 20.8 Å². The van der Waals surface area contributed by atoms with Crippen molar-refractivity contribution < 1.29 is 5.11 Å². The number of halogens is 1. The van der Waals surface area contributed by atoms with Crippen LogP contribution in [0.15, 0.2) is 15.9 Å². The highest BCUT2D eigenvalue weighted by Crippen LogP contribution is 2.21. The molecule has 0 bridgehead atoms. The number of aliphatic hydroxyl groups is 1. The highest BCUT2D eigenvalue weighted by atomic mass is 79.9. The summed E-state index contributed by atoms with van der Waals surface area (Å²) in [5.74, 6) is 0.419. The van der Waals surface area contributed by atoms with E-state index in [0.29, 0.717) is 12.5 Å². The van der Waals surface area contributed by atoms with Crippen LogP contribution in [0, 0.1) is 5.92 Å². The van der Waals surface area contributed by atoms with E-state index in [0.717, 1.165) is 23.2 Å². The third-order valence-electron chi connectivity index (χ3n) is 2.87. The van der Waals surface area contributed by atoms with Gasteiger partial charge in [-0.05, 0) is 34.0 Å². The SMILES string of the molecule is CCC(CC)C(O)CNCc1ccc(Br)s1. The third-order valence-corrected chi connectivity index (χ3v) is 4.50. The zero-order chi connectivity index (χ0) is 12.0. The summed E-state index contributed by atoms with van der Waals surface area (Å²) in [6, 6.07) is 4.16. The van der Waals surface area contributed by atoms with Crippen molar-refractivity contribution in [3.63, 3.8) is 0 Å². The van der Waals surface area contributed by atoms with Crippen molar-refractivity contribution in [2.24, 2.45) is 5.92 Å². The van der Waals surface area contributed by atoms with Crippen LogP contribution in [0.3, 0.4) is 0 Å². The molecule has 2 N–H and O–H groups in total. The zero-order valence-corrected chi connectivity index (χ0v) is 12.3. The Kier molecular flexibility index (Phi) is 6.58. The Labute approximate surface area is 110 Å². The molecule has 16 heavy (non-hydrogen) atoms. The predicted molar refractivity (Wildman–Crippen MR) is 73.8 cm³/mol. The molecule has 0 radical (unpaired) electrons. The van der Waals surface area contributed by atoms with Gasteiger partial charge >= 0.3 is 0 Å². The maximum absolute atomic E-state index is 9.92. The Balaban J connectivity index is 2.24. The fourth-order valence-corrected chi connectivity index (χ4v) is 3.24. The van der Waals surface area contributed by atoms with E-state index < -0.39 is 0 Å². The lowest BCUT2D eigenvalue weighted by Gasteiger charge is -2.20. The summed E-state index contributed by atoms with van der Waals surface area (Å²) in [4.78, 5) is 1.30. The fraction of sp³-hybridized carbons (Fsp3) is 0.667. The van der Waals surface area contributed by atoms with Gasteiger partial charge in [-0.1, -0.05) is 26.7 Å². The molecule has 0 aliphatic heterocycles. The second-order valence-electron chi connectivity index (χ2n) is 3.98. The fourth-order valence-electron chi connectivity index (χ4n) is 1.79. The van der Waals surface area contributed by atoms with Crippen LogP contribution in [0.2, 0.25) is 0 Å². The average molecular weight is 306 g/mol. The Morgan fingerprint density at radius 1 is 1.38 bits per heavy atom. The third kappa shape index (κ3) is 4.53. The smallest absolute Gasteiger partial charge is 0.0701 e. The number of hydrogen-bond donors (Lipinski definition) is 2. The van der Waals surface area contributed by atoms with E-state index in [9.17, 15) is 5.11 Å². The first-order valence-electron chi connectivity index (χ1n) is 5.80. The Hall–Kier alpha value is 0.1000. The average Bonchev–Trinajstić information content (AvgIpc) is 2.66. The summed E-state index contributed by atoms with van der Waals surface area (Å²) in [5, 5.41) is 13.2. The molecule has 0 fully saturated rings. The molecule has 0 aliphatic carbocycles. The summed E-state index contributed by atoms with van der Waals surface area (Å²) >= 11 is 5.17. The van der Waals surface area contributed by atoms with E-state index in [-0.39, 0.29) is 6.10 Å². The van der Waals surface area contributed by atoms with E-state index in [1.165, 1.54) is 4.88 Å². The number of aliphatic hydroxyl groups excluding tert-OH is 1. The molecule has 2 nitrogen and oxygen atoms in total. The van der Waals surface area contributed by atoms with Crippen LogP contribution in [-0.4, -0.2) is 17.8 Å². The molecule has 0 spiro atoms. The molecule has 0 saturated heterocycles. The molecule has 1 aromatic heterocycles. The second-order valence-corrected chi connectivity index (χ2v) is 6.53. The van der Waals surface area contributed by atoms with Crippen LogP contribution in [0.25, 0.3) is 0 Å². The Bertz CT molecular complexity index is 299. The van der Waals surface area contributed by atoms with Gasteiger partial charge in [0.05, 0.1) is 9.89 Å². The van der Waals surface area contributed by atoms with Gasteiger partial charge in [-0.25, -0.2) is 0 Å². The van der Waals surface area contributed by atoms with Crippen molar-refractivity contribution in [2.45, 2.75) is 39.3 Å². The van der Waals surface area contributed by atoms with Crippen LogP contribution in [-0.2, 0) is 6.54 Å². The van der Waals surface area contributed by atoms with E-state index >= 15 is 0 Å². The van der Waals surface area contributed by atoms with Gasteiger partial charge in [-0.3, -0.25) is 0 Å². The van der Waals surface area contributed by atoms with Gasteiger partial charge in [0.2, 0.25) is 0 Å². The minimum atomic E-state index is -0.224. The first-order chi connectivity index (χ1) is 7.67. The van der Waals surface area contributed by atoms with E-state index in [2.05, 4.69) is 47.2 Å². The maximum Gasteiger partial charge on any atom is 0.0701 e. The molecule has 0 aromatic carbocycles. The summed E-state index contributed by atoms with van der Waals surface area (Å²) in [6.45, 7) is 5.79. The zero-order valence-electron chi connectivity index (χ0n) is 9.87. The molecular weight excluding hydrogens is 286 g/mol. The predicted octanol–water partition coefficient (Wildman–Crippen LogP) is 3.40. The van der Waals surface area contributed by atoms with Gasteiger partial charge in [0.25, 0.3) is 0 Å². The molecule has 0 amide bonds. The second kappa shape index (κ2) is 7.43. The van der Waals surface area contributed by atoms with Crippen molar-refractivity contribution in [1.82, 2.24) is 5.32 Å². The number of hydrogen-bond acceptors (Lipinski definition) is 3. The maximum atomic E-state index is 9.92. The van der Waals surface area contributed by atoms with Crippen molar-refractivity contribution >= 4 is 27.3 Å². The summed E-state index contributed by atoms with van der Waals surface area (Å²) in [5.41, 5.74) is 0. The topological polar surface area (TPSA) is 32.3 Å². The van der Waals surface area contributed by atoms with Crippen molar-refractivity contribution in [3.8, 4) is 0 Å². The number of thiophene rings is 1. The number of rotatable bonds is 7. The van der Waals surface area contributed by atoms with Crippen molar-refractivity contribution in [1.29, 1.82) is 0 Å². The summed E-state index contributed by atoms with van der Waals surface area (Å²) < 4.78 is 1.16. The highest BCUT2D eigenvalue weighted by molar-refractivity contribution is 9.11. The summed E-state index contributed by atoms with van der Waals surface area (Å²) in [6.07, 6.45) is 1.87. The van der Waals surface area contributed by atoms with Crippen LogP contribution < -0.4 is 5.32 Å². The normalized spacial score (nSPS) is 13.3. The van der Waals surface area contributed by atoms with Crippen LogP contribution >= 0.6 is 27.3 Å². The van der Waals surface area contributed by atoms with E-state index in [4.69, 9.17) is 0 Å². The molecule has 0 aliphatic rings. The lowest BCUT2D eigenvalue weighted by molar-refractivity contribution is 0.101. The monoisotopic (exact) mass is 305 g/mol. The minimum Gasteiger partial charge on any atom is -0.392 e. The molecule has 1 unspecified atom stereocenters. The van der Waals surface area contributed by atoms with Gasteiger partial charge in [-0.15, -0.1) is 11.3 Å². The van der Waals surface area contributed by atoms with Crippen LogP contribution in [0.5, 0.6) is 0 Å². The van der Waals surface area contributed by atoms with Crippen LogP contribution in [0.4, 0.5) is 0 Å². The Morgan fingerprint density at radius 3 is 2.56 bits per heavy atom. The van der Waals surface area contributed by atoms with E-state index in [1.807, 2.05) is 0 Å². The molecule has 1 atom stereocenters. The van der Waals surface area contributed by atoms with Crippen LogP contribution in [0.1, 0.15) is 31.6 Å². The quantitative estimate of drug-likeness (QED) is 0.809. The van der Waals surface area contributed by atoms with Crippen molar-refractivity contribution in [2.75, 3.05) is 6.54 Å². The molecular formula is C12H20BrNOS. The molecule has 1 heterocycles. The molecule has 4 heteroatoms. The Morgan fingerprint density at radius 2 is 2.06 bits per heavy atom. The van der Waals surface area contributed by atoms with Gasteiger partial charge in [-0.2, -0.15) is 0 Å². The number of nitrogens with one attached hydrogen (secondary N) is 1. The largest absolute Gasteiger partial charge is 0.392 e. The van der Waals surface area contributed by atoms with Gasteiger partial charge < -0.3 is 10.4 Å². The standard InChI is InChI=1S/C12H20BrNOS/c1-3-9(4-2)11(15)8-14-7-10-5-6-12(13)16-10/h5-6,9,11,14-15H,3-4,7-8H2,1-2H3. The lowest BCUT2D eigenvalue weighted by Crippen LogP contribution is -2.32. The van der Waals surface area contributed by atoms with Gasteiger partial charge in [0.15, 0.2) is 0 Å². The minimum absolute atomic E-state index is 0.224. The van der Waals surface area contributed by atoms with E-state index in [1.54, 1.807) is 11.3 Å². The first kappa shape index (κ1) is 14.2. The molecule has 92 valence electrons. The van der Waals surface area contributed by atoms with Gasteiger partial charge in [0, 0.05) is 18.0 Å². The summed E-state index contributed by atoms with van der Waals surface area (Å²) in [7, 11) is 0. The van der Waals surface area contributed by atoms with Gasteiger partial charge in [0.1, 0.15) is 0 Å². The molecule has 1 aromatic rings. The molecule has 0 saturated carbocycles.